The second-order valence-corrected chi connectivity index (χ2v) is 4.84. The van der Waals surface area contributed by atoms with E-state index in [0.717, 1.165) is 0 Å². The summed E-state index contributed by atoms with van der Waals surface area (Å²) in [7, 11) is 0. The lowest BCUT2D eigenvalue weighted by atomic mass is 10.2. The Morgan fingerprint density at radius 3 is 2.81 bits per heavy atom. The van der Waals surface area contributed by atoms with Gasteiger partial charge >= 0.3 is 5.69 Å². The van der Waals surface area contributed by atoms with Gasteiger partial charge in [-0.25, -0.2) is 9.48 Å². The standard InChI is InChI=1S/C13H9ClN4O3/c14-10-5-4-9(11(7-10)18(20)21)8-17-13(19)16-6-2-1-3-12(16)15-17/h1-7H,8H2. The van der Waals surface area contributed by atoms with E-state index >= 15 is 0 Å². The molecular weight excluding hydrogens is 296 g/mol. The number of nitrogens with zero attached hydrogens (tertiary/aromatic N) is 4. The summed E-state index contributed by atoms with van der Waals surface area (Å²) in [5, 5.41) is 15.5. The lowest BCUT2D eigenvalue weighted by Gasteiger charge is -2.02. The van der Waals surface area contributed by atoms with Crippen molar-refractivity contribution < 1.29 is 4.92 Å². The van der Waals surface area contributed by atoms with Crippen LogP contribution in [0.3, 0.4) is 0 Å². The molecule has 0 unspecified atom stereocenters. The summed E-state index contributed by atoms with van der Waals surface area (Å²) in [6.07, 6.45) is 1.59. The molecule has 0 bridgehead atoms. The van der Waals surface area contributed by atoms with E-state index in [1.165, 1.54) is 21.2 Å². The number of nitro groups is 1. The van der Waals surface area contributed by atoms with Gasteiger partial charge in [-0.2, -0.15) is 0 Å². The smallest absolute Gasteiger partial charge is 0.258 e. The maximum atomic E-state index is 12.1. The van der Waals surface area contributed by atoms with Crippen molar-refractivity contribution in [2.75, 3.05) is 0 Å². The molecule has 2 aromatic heterocycles. The van der Waals surface area contributed by atoms with Crippen LogP contribution in [0.5, 0.6) is 0 Å². The van der Waals surface area contributed by atoms with E-state index in [1.807, 2.05) is 0 Å². The van der Waals surface area contributed by atoms with E-state index < -0.39 is 4.92 Å². The number of rotatable bonds is 3. The second kappa shape index (κ2) is 5.02. The summed E-state index contributed by atoms with van der Waals surface area (Å²) in [5.74, 6) is 0. The Morgan fingerprint density at radius 2 is 2.10 bits per heavy atom. The highest BCUT2D eigenvalue weighted by Crippen LogP contribution is 2.23. The Labute approximate surface area is 123 Å². The van der Waals surface area contributed by atoms with Crippen LogP contribution in [0.4, 0.5) is 5.69 Å². The third-order valence-electron chi connectivity index (χ3n) is 3.05. The highest BCUT2D eigenvalue weighted by molar-refractivity contribution is 6.30. The molecule has 1 aromatic carbocycles. The number of hydrogen-bond donors (Lipinski definition) is 0. The highest BCUT2D eigenvalue weighted by atomic mass is 35.5. The fraction of sp³-hybridized carbons (Fsp3) is 0.0769. The summed E-state index contributed by atoms with van der Waals surface area (Å²) in [6.45, 7) is 0.00793. The Morgan fingerprint density at radius 1 is 1.29 bits per heavy atom. The van der Waals surface area contributed by atoms with Gasteiger partial charge in [0.2, 0.25) is 0 Å². The number of aromatic nitrogens is 3. The van der Waals surface area contributed by atoms with Crippen molar-refractivity contribution in [2.45, 2.75) is 6.54 Å². The zero-order valence-electron chi connectivity index (χ0n) is 10.6. The van der Waals surface area contributed by atoms with E-state index in [0.29, 0.717) is 11.2 Å². The monoisotopic (exact) mass is 304 g/mol. The van der Waals surface area contributed by atoms with Crippen molar-refractivity contribution in [3.05, 3.63) is 73.8 Å². The first-order valence-electron chi connectivity index (χ1n) is 6.03. The summed E-state index contributed by atoms with van der Waals surface area (Å²) in [6, 6.07) is 9.50. The molecule has 3 rings (SSSR count). The van der Waals surface area contributed by atoms with Gasteiger partial charge in [-0.15, -0.1) is 5.10 Å². The van der Waals surface area contributed by atoms with Crippen LogP contribution in [0.15, 0.2) is 47.4 Å². The Kier molecular flexibility index (Phi) is 3.19. The fourth-order valence-electron chi connectivity index (χ4n) is 2.07. The number of hydrogen-bond acceptors (Lipinski definition) is 4. The third-order valence-corrected chi connectivity index (χ3v) is 3.29. The number of fused-ring (bicyclic) bond motifs is 1. The summed E-state index contributed by atoms with van der Waals surface area (Å²) >= 11 is 5.77. The molecular formula is C13H9ClN4O3. The van der Waals surface area contributed by atoms with Crippen molar-refractivity contribution in [3.63, 3.8) is 0 Å². The van der Waals surface area contributed by atoms with E-state index in [2.05, 4.69) is 5.10 Å². The number of nitro benzene ring substituents is 1. The molecule has 2 heterocycles. The van der Waals surface area contributed by atoms with Crippen LogP contribution >= 0.6 is 11.6 Å². The predicted octanol–water partition coefficient (Wildman–Crippen LogP) is 2.11. The second-order valence-electron chi connectivity index (χ2n) is 4.40. The number of benzene rings is 1. The van der Waals surface area contributed by atoms with Crippen molar-refractivity contribution in [2.24, 2.45) is 0 Å². The summed E-state index contributed by atoms with van der Waals surface area (Å²) < 4.78 is 2.56. The van der Waals surface area contributed by atoms with Crippen LogP contribution in [0, 0.1) is 10.1 Å². The van der Waals surface area contributed by atoms with Crippen molar-refractivity contribution >= 4 is 22.9 Å². The normalized spacial score (nSPS) is 10.9. The molecule has 0 fully saturated rings. The molecule has 0 spiro atoms. The van der Waals surface area contributed by atoms with Gasteiger partial charge in [0.25, 0.3) is 5.69 Å². The summed E-state index contributed by atoms with van der Waals surface area (Å²) in [4.78, 5) is 22.7. The van der Waals surface area contributed by atoms with Gasteiger partial charge in [0.1, 0.15) is 0 Å². The molecule has 106 valence electrons. The van der Waals surface area contributed by atoms with Crippen LogP contribution in [-0.4, -0.2) is 19.1 Å². The largest absolute Gasteiger partial charge is 0.350 e. The molecule has 0 saturated carbocycles. The van der Waals surface area contributed by atoms with Crippen molar-refractivity contribution in [1.82, 2.24) is 14.2 Å². The van der Waals surface area contributed by atoms with Crippen LogP contribution in [0.25, 0.3) is 5.65 Å². The van der Waals surface area contributed by atoms with Crippen LogP contribution in [0.2, 0.25) is 5.02 Å². The Hall–Kier alpha value is -2.67. The first-order valence-corrected chi connectivity index (χ1v) is 6.41. The van der Waals surface area contributed by atoms with Gasteiger partial charge in [-0.05, 0) is 24.3 Å². The lowest BCUT2D eigenvalue weighted by Crippen LogP contribution is -2.21. The molecule has 0 saturated heterocycles. The van der Waals surface area contributed by atoms with Crippen LogP contribution < -0.4 is 5.69 Å². The van der Waals surface area contributed by atoms with E-state index in [4.69, 9.17) is 11.6 Å². The van der Waals surface area contributed by atoms with Gasteiger partial charge < -0.3 is 0 Å². The van der Waals surface area contributed by atoms with Gasteiger partial charge in [0.05, 0.1) is 17.0 Å². The van der Waals surface area contributed by atoms with E-state index in [-0.39, 0.29) is 22.9 Å². The first kappa shape index (κ1) is 13.3. The molecule has 0 aliphatic rings. The summed E-state index contributed by atoms with van der Waals surface area (Å²) in [5.41, 5.74) is 0.371. The Balaban J connectivity index is 2.09. The lowest BCUT2D eigenvalue weighted by molar-refractivity contribution is -0.385. The molecule has 8 heteroatoms. The molecule has 0 aliphatic carbocycles. The van der Waals surface area contributed by atoms with Gasteiger partial charge in [-0.3, -0.25) is 14.5 Å². The first-order chi connectivity index (χ1) is 10.1. The minimum absolute atomic E-state index is 0.00793. The zero-order chi connectivity index (χ0) is 15.0. The SMILES string of the molecule is O=c1n(Cc2ccc(Cl)cc2[N+](=O)[O-])nc2ccccn12. The molecule has 0 radical (unpaired) electrons. The quantitative estimate of drug-likeness (QED) is 0.548. The fourth-order valence-corrected chi connectivity index (χ4v) is 2.24. The van der Waals surface area contributed by atoms with Crippen molar-refractivity contribution in [1.29, 1.82) is 0 Å². The molecule has 0 aliphatic heterocycles. The van der Waals surface area contributed by atoms with Crippen LogP contribution in [0.1, 0.15) is 5.56 Å². The maximum absolute atomic E-state index is 12.1. The average molecular weight is 305 g/mol. The molecule has 21 heavy (non-hydrogen) atoms. The molecule has 7 nitrogen and oxygen atoms in total. The Bertz CT molecular complexity index is 900. The highest BCUT2D eigenvalue weighted by Gasteiger charge is 2.16. The van der Waals surface area contributed by atoms with Gasteiger partial charge in [0.15, 0.2) is 5.65 Å². The maximum Gasteiger partial charge on any atom is 0.350 e. The number of halogens is 1. The minimum atomic E-state index is -0.526. The topological polar surface area (TPSA) is 82.4 Å². The van der Waals surface area contributed by atoms with E-state index in [9.17, 15) is 14.9 Å². The minimum Gasteiger partial charge on any atom is -0.258 e. The average Bonchev–Trinajstić information content (AvgIpc) is 2.78. The van der Waals surface area contributed by atoms with Crippen LogP contribution in [-0.2, 0) is 6.54 Å². The molecule has 3 aromatic rings. The van der Waals surface area contributed by atoms with Crippen molar-refractivity contribution in [3.8, 4) is 0 Å². The van der Waals surface area contributed by atoms with Gasteiger partial charge in [-0.1, -0.05) is 17.7 Å². The molecule has 0 amide bonds. The molecule has 0 atom stereocenters. The zero-order valence-corrected chi connectivity index (χ0v) is 11.4. The van der Waals surface area contributed by atoms with Gasteiger partial charge in [0, 0.05) is 17.3 Å². The third kappa shape index (κ3) is 2.38. The predicted molar refractivity (Wildman–Crippen MR) is 76.7 cm³/mol. The number of pyridine rings is 1. The molecule has 0 N–H and O–H groups in total. The van der Waals surface area contributed by atoms with E-state index in [1.54, 1.807) is 30.5 Å².